The molecule has 0 aliphatic carbocycles. The van der Waals surface area contributed by atoms with Crippen molar-refractivity contribution in [2.24, 2.45) is 0 Å². The molecule has 1 atom stereocenters. The Hall–Kier alpha value is -3.02. The fourth-order valence-electron chi connectivity index (χ4n) is 3.36. The molecule has 0 radical (unpaired) electrons. The SMILES string of the molecule is Cc1cccc(C(=O)N2CCCCC2c2nc(-c3ccncc3)no2)c1. The maximum Gasteiger partial charge on any atom is 0.254 e. The van der Waals surface area contributed by atoms with Gasteiger partial charge in [0.1, 0.15) is 6.04 Å². The molecule has 4 rings (SSSR count). The van der Waals surface area contributed by atoms with Crippen molar-refractivity contribution in [3.63, 3.8) is 0 Å². The van der Waals surface area contributed by atoms with E-state index in [0.717, 1.165) is 30.4 Å². The summed E-state index contributed by atoms with van der Waals surface area (Å²) in [6, 6.07) is 11.2. The minimum atomic E-state index is -0.181. The lowest BCUT2D eigenvalue weighted by Crippen LogP contribution is -2.38. The predicted molar refractivity (Wildman–Crippen MR) is 96.3 cm³/mol. The molecule has 1 amide bonds. The van der Waals surface area contributed by atoms with Gasteiger partial charge in [-0.05, 0) is 50.5 Å². The summed E-state index contributed by atoms with van der Waals surface area (Å²) < 4.78 is 5.52. The fourth-order valence-corrected chi connectivity index (χ4v) is 3.36. The van der Waals surface area contributed by atoms with Gasteiger partial charge in [0.15, 0.2) is 0 Å². The molecule has 0 spiro atoms. The average molecular weight is 348 g/mol. The van der Waals surface area contributed by atoms with Crippen LogP contribution in [0.4, 0.5) is 0 Å². The van der Waals surface area contributed by atoms with Crippen LogP contribution in [-0.4, -0.2) is 32.5 Å². The second-order valence-corrected chi connectivity index (χ2v) is 6.57. The number of nitrogens with zero attached hydrogens (tertiary/aromatic N) is 4. The van der Waals surface area contributed by atoms with Gasteiger partial charge in [-0.3, -0.25) is 9.78 Å². The van der Waals surface area contributed by atoms with Crippen LogP contribution in [0.5, 0.6) is 0 Å². The predicted octanol–water partition coefficient (Wildman–Crippen LogP) is 3.81. The number of hydrogen-bond acceptors (Lipinski definition) is 5. The van der Waals surface area contributed by atoms with Gasteiger partial charge in [-0.1, -0.05) is 22.9 Å². The van der Waals surface area contributed by atoms with E-state index in [1.165, 1.54) is 0 Å². The quantitative estimate of drug-likeness (QED) is 0.720. The van der Waals surface area contributed by atoms with Gasteiger partial charge in [-0.15, -0.1) is 0 Å². The molecule has 3 heterocycles. The van der Waals surface area contributed by atoms with Crippen molar-refractivity contribution in [3.8, 4) is 11.4 Å². The maximum absolute atomic E-state index is 13.0. The van der Waals surface area contributed by atoms with Gasteiger partial charge in [0.25, 0.3) is 5.91 Å². The summed E-state index contributed by atoms with van der Waals surface area (Å²) in [4.78, 5) is 23.5. The van der Waals surface area contributed by atoms with Gasteiger partial charge in [0, 0.05) is 30.1 Å². The molecule has 0 bridgehead atoms. The van der Waals surface area contributed by atoms with Crippen LogP contribution in [0.2, 0.25) is 0 Å². The molecule has 132 valence electrons. The Morgan fingerprint density at radius 1 is 1.19 bits per heavy atom. The number of likely N-dealkylation sites (tertiary alicyclic amines) is 1. The Labute approximate surface area is 151 Å². The molecule has 3 aromatic rings. The van der Waals surface area contributed by atoms with Gasteiger partial charge < -0.3 is 9.42 Å². The Morgan fingerprint density at radius 3 is 2.85 bits per heavy atom. The first-order chi connectivity index (χ1) is 12.7. The molecule has 6 heteroatoms. The van der Waals surface area contributed by atoms with E-state index in [1.807, 2.05) is 48.2 Å². The zero-order valence-electron chi connectivity index (χ0n) is 14.6. The van der Waals surface area contributed by atoms with Crippen LogP contribution in [0.1, 0.15) is 47.1 Å². The average Bonchev–Trinajstić information content (AvgIpc) is 3.18. The van der Waals surface area contributed by atoms with Gasteiger partial charge in [0.05, 0.1) is 0 Å². The molecule has 1 aliphatic rings. The first-order valence-electron chi connectivity index (χ1n) is 8.84. The first kappa shape index (κ1) is 16.4. The summed E-state index contributed by atoms with van der Waals surface area (Å²) in [6.45, 7) is 2.69. The highest BCUT2D eigenvalue weighted by Crippen LogP contribution is 2.32. The second kappa shape index (κ2) is 7.07. The number of carbonyl (C=O) groups is 1. The molecular weight excluding hydrogens is 328 g/mol. The third-order valence-electron chi connectivity index (χ3n) is 4.69. The molecule has 1 aliphatic heterocycles. The van der Waals surface area contributed by atoms with Crippen molar-refractivity contribution in [1.29, 1.82) is 0 Å². The molecular formula is C20H20N4O2. The number of aromatic nitrogens is 3. The lowest BCUT2D eigenvalue weighted by molar-refractivity contribution is 0.0561. The largest absolute Gasteiger partial charge is 0.337 e. The first-order valence-corrected chi connectivity index (χ1v) is 8.84. The third kappa shape index (κ3) is 3.22. The van der Waals surface area contributed by atoms with Crippen LogP contribution < -0.4 is 0 Å². The number of benzene rings is 1. The monoisotopic (exact) mass is 348 g/mol. The number of amides is 1. The number of rotatable bonds is 3. The summed E-state index contributed by atoms with van der Waals surface area (Å²) in [5, 5.41) is 4.09. The Balaban J connectivity index is 1.62. The molecule has 1 fully saturated rings. The number of aryl methyl sites for hydroxylation is 1. The lowest BCUT2D eigenvalue weighted by Gasteiger charge is -2.33. The minimum Gasteiger partial charge on any atom is -0.337 e. The van der Waals surface area contributed by atoms with Gasteiger partial charge in [-0.2, -0.15) is 4.98 Å². The zero-order valence-corrected chi connectivity index (χ0v) is 14.6. The molecule has 26 heavy (non-hydrogen) atoms. The van der Waals surface area contributed by atoms with E-state index < -0.39 is 0 Å². The van der Waals surface area contributed by atoms with Crippen molar-refractivity contribution < 1.29 is 9.32 Å². The molecule has 6 nitrogen and oxygen atoms in total. The highest BCUT2D eigenvalue weighted by Gasteiger charge is 2.32. The summed E-state index contributed by atoms with van der Waals surface area (Å²) in [5.74, 6) is 1.04. The smallest absolute Gasteiger partial charge is 0.254 e. The van der Waals surface area contributed by atoms with Gasteiger partial charge in [0.2, 0.25) is 11.7 Å². The van der Waals surface area contributed by atoms with E-state index in [4.69, 9.17) is 4.52 Å². The zero-order chi connectivity index (χ0) is 17.9. The fraction of sp³-hybridized carbons (Fsp3) is 0.300. The Morgan fingerprint density at radius 2 is 2.04 bits per heavy atom. The molecule has 0 saturated carbocycles. The normalized spacial score (nSPS) is 17.3. The highest BCUT2D eigenvalue weighted by molar-refractivity contribution is 5.94. The van der Waals surface area contributed by atoms with Crippen molar-refractivity contribution in [2.75, 3.05) is 6.54 Å². The van der Waals surface area contributed by atoms with Crippen molar-refractivity contribution in [2.45, 2.75) is 32.2 Å². The molecule has 0 N–H and O–H groups in total. The van der Waals surface area contributed by atoms with Crippen LogP contribution in [0.15, 0.2) is 53.3 Å². The number of carbonyl (C=O) groups excluding carboxylic acids is 1. The number of piperidine rings is 1. The van der Waals surface area contributed by atoms with E-state index in [2.05, 4.69) is 15.1 Å². The van der Waals surface area contributed by atoms with E-state index in [0.29, 0.717) is 23.8 Å². The standard InChI is InChI=1S/C20H20N4O2/c1-14-5-4-6-16(13-14)20(25)24-12-3-2-7-17(24)19-22-18(23-26-19)15-8-10-21-11-9-15/h4-6,8-11,13,17H,2-3,7,12H2,1H3. The Kier molecular flexibility index (Phi) is 4.48. The summed E-state index contributed by atoms with van der Waals surface area (Å²) in [7, 11) is 0. The van der Waals surface area contributed by atoms with Crippen LogP contribution >= 0.6 is 0 Å². The number of pyridine rings is 1. The van der Waals surface area contributed by atoms with Crippen LogP contribution in [0, 0.1) is 6.92 Å². The van der Waals surface area contributed by atoms with Gasteiger partial charge in [-0.25, -0.2) is 0 Å². The molecule has 1 saturated heterocycles. The summed E-state index contributed by atoms with van der Waals surface area (Å²) in [5.41, 5.74) is 2.62. The van der Waals surface area contributed by atoms with E-state index >= 15 is 0 Å². The third-order valence-corrected chi connectivity index (χ3v) is 4.69. The van der Waals surface area contributed by atoms with E-state index in [1.54, 1.807) is 12.4 Å². The minimum absolute atomic E-state index is 0.0158. The van der Waals surface area contributed by atoms with E-state index in [9.17, 15) is 4.79 Å². The summed E-state index contributed by atoms with van der Waals surface area (Å²) in [6.07, 6.45) is 6.24. The highest BCUT2D eigenvalue weighted by atomic mass is 16.5. The lowest BCUT2D eigenvalue weighted by atomic mass is 10.00. The Bertz CT molecular complexity index is 907. The van der Waals surface area contributed by atoms with E-state index in [-0.39, 0.29) is 11.9 Å². The van der Waals surface area contributed by atoms with Crippen LogP contribution in [-0.2, 0) is 0 Å². The summed E-state index contributed by atoms with van der Waals surface area (Å²) >= 11 is 0. The van der Waals surface area contributed by atoms with Crippen molar-refractivity contribution in [3.05, 3.63) is 65.8 Å². The van der Waals surface area contributed by atoms with Crippen molar-refractivity contribution >= 4 is 5.91 Å². The van der Waals surface area contributed by atoms with Crippen LogP contribution in [0.25, 0.3) is 11.4 Å². The molecule has 1 unspecified atom stereocenters. The number of hydrogen-bond donors (Lipinski definition) is 0. The van der Waals surface area contributed by atoms with Gasteiger partial charge >= 0.3 is 0 Å². The molecule has 2 aromatic heterocycles. The topological polar surface area (TPSA) is 72.1 Å². The second-order valence-electron chi connectivity index (χ2n) is 6.57. The van der Waals surface area contributed by atoms with Crippen LogP contribution in [0.3, 0.4) is 0 Å². The van der Waals surface area contributed by atoms with Crippen molar-refractivity contribution in [1.82, 2.24) is 20.0 Å². The molecule has 1 aromatic carbocycles. The maximum atomic E-state index is 13.0.